The molecule has 0 saturated heterocycles. The van der Waals surface area contributed by atoms with Crippen LogP contribution < -0.4 is 5.32 Å². The molecule has 6 heteroatoms. The highest BCUT2D eigenvalue weighted by Crippen LogP contribution is 2.27. The van der Waals surface area contributed by atoms with Crippen molar-refractivity contribution in [2.24, 2.45) is 0 Å². The number of fused-ring (bicyclic) bond motifs is 1. The van der Waals surface area contributed by atoms with Crippen molar-refractivity contribution in [3.8, 4) is 6.07 Å². The van der Waals surface area contributed by atoms with Gasteiger partial charge in [-0.25, -0.2) is 0 Å². The lowest BCUT2D eigenvalue weighted by Gasteiger charge is -2.02. The Morgan fingerprint density at radius 3 is 2.78 bits per heavy atom. The number of benzene rings is 2. The van der Waals surface area contributed by atoms with E-state index in [0.29, 0.717) is 15.7 Å². The van der Waals surface area contributed by atoms with E-state index < -0.39 is 0 Å². The molecule has 23 heavy (non-hydrogen) atoms. The average molecular weight is 320 g/mol. The third kappa shape index (κ3) is 3.25. The molecule has 2 aromatic carbocycles. The molecular weight excluding hydrogens is 308 g/mol. The summed E-state index contributed by atoms with van der Waals surface area (Å²) in [6.07, 6.45) is 1.79. The Kier molecular flexibility index (Phi) is 4.13. The summed E-state index contributed by atoms with van der Waals surface area (Å²) >= 11 is 1.17. The number of nitriles is 1. The molecule has 1 N–H and O–H groups in total. The number of rotatable bonds is 3. The van der Waals surface area contributed by atoms with Crippen molar-refractivity contribution in [1.82, 2.24) is 10.2 Å². The molecule has 1 heterocycles. The average Bonchev–Trinajstić information content (AvgIpc) is 3.00. The third-order valence-corrected chi connectivity index (χ3v) is 4.05. The zero-order valence-electron chi connectivity index (χ0n) is 12.3. The lowest BCUT2D eigenvalue weighted by Crippen LogP contribution is -2.04. The molecule has 0 aliphatic heterocycles. The van der Waals surface area contributed by atoms with Gasteiger partial charge >= 0.3 is 0 Å². The molecule has 0 bridgehead atoms. The van der Waals surface area contributed by atoms with E-state index in [9.17, 15) is 10.1 Å². The van der Waals surface area contributed by atoms with Gasteiger partial charge in [-0.1, -0.05) is 53.8 Å². The summed E-state index contributed by atoms with van der Waals surface area (Å²) in [4.78, 5) is 11.0. The van der Waals surface area contributed by atoms with Crippen molar-refractivity contribution in [3.05, 3.63) is 53.0 Å². The Labute approximate surface area is 136 Å². The Morgan fingerprint density at radius 2 is 2.00 bits per heavy atom. The first-order valence-electron chi connectivity index (χ1n) is 6.88. The number of nitrogens with zero attached hydrogens (tertiary/aromatic N) is 3. The lowest BCUT2D eigenvalue weighted by molar-refractivity contribution is -0.114. The number of carbonyl (C=O) groups excluding carboxylic acids is 1. The molecule has 3 rings (SSSR count). The number of aromatic nitrogens is 2. The van der Waals surface area contributed by atoms with E-state index in [0.717, 1.165) is 16.3 Å². The first kappa shape index (κ1) is 14.9. The Hall–Kier alpha value is -3.04. The van der Waals surface area contributed by atoms with E-state index in [1.165, 1.54) is 18.3 Å². The van der Waals surface area contributed by atoms with Crippen LogP contribution in [0.1, 0.15) is 17.5 Å². The maximum atomic E-state index is 11.0. The second kappa shape index (κ2) is 6.38. The van der Waals surface area contributed by atoms with E-state index in [-0.39, 0.29) is 5.91 Å². The largest absolute Gasteiger partial charge is 0.301 e. The quantitative estimate of drug-likeness (QED) is 0.746. The van der Waals surface area contributed by atoms with Gasteiger partial charge in [0, 0.05) is 6.92 Å². The fourth-order valence-corrected chi connectivity index (χ4v) is 2.96. The van der Waals surface area contributed by atoms with Gasteiger partial charge in [0.1, 0.15) is 6.07 Å². The van der Waals surface area contributed by atoms with Gasteiger partial charge in [-0.2, -0.15) is 5.26 Å². The molecule has 1 aromatic heterocycles. The van der Waals surface area contributed by atoms with Crippen molar-refractivity contribution in [2.45, 2.75) is 6.92 Å². The van der Waals surface area contributed by atoms with Gasteiger partial charge in [0.05, 0.1) is 5.57 Å². The third-order valence-electron chi connectivity index (χ3n) is 3.18. The Balaban J connectivity index is 2.03. The van der Waals surface area contributed by atoms with Crippen LogP contribution in [0.15, 0.2) is 42.5 Å². The zero-order valence-corrected chi connectivity index (χ0v) is 13.1. The van der Waals surface area contributed by atoms with E-state index in [2.05, 4.69) is 21.6 Å². The first-order valence-corrected chi connectivity index (χ1v) is 7.70. The van der Waals surface area contributed by atoms with E-state index >= 15 is 0 Å². The minimum absolute atomic E-state index is 0.218. The van der Waals surface area contributed by atoms with E-state index in [4.69, 9.17) is 0 Å². The number of carbonyl (C=O) groups is 1. The molecule has 0 radical (unpaired) electrons. The maximum absolute atomic E-state index is 11.0. The van der Waals surface area contributed by atoms with Crippen molar-refractivity contribution < 1.29 is 4.79 Å². The van der Waals surface area contributed by atoms with Crippen LogP contribution in [0.2, 0.25) is 0 Å². The fraction of sp³-hybridized carbons (Fsp3) is 0.0588. The smallest absolute Gasteiger partial charge is 0.223 e. The van der Waals surface area contributed by atoms with E-state index in [1.807, 2.05) is 42.5 Å². The lowest BCUT2D eigenvalue weighted by atomic mass is 10.0. The summed E-state index contributed by atoms with van der Waals surface area (Å²) < 4.78 is 0. The van der Waals surface area contributed by atoms with Gasteiger partial charge in [-0.05, 0) is 22.4 Å². The number of amides is 1. The highest BCUT2D eigenvalue weighted by atomic mass is 32.1. The summed E-state index contributed by atoms with van der Waals surface area (Å²) in [5.74, 6) is -0.218. The van der Waals surface area contributed by atoms with Crippen molar-refractivity contribution in [3.63, 3.8) is 0 Å². The molecule has 1 amide bonds. The summed E-state index contributed by atoms with van der Waals surface area (Å²) in [7, 11) is 0. The molecule has 5 nitrogen and oxygen atoms in total. The topological polar surface area (TPSA) is 78.7 Å². The van der Waals surface area contributed by atoms with Crippen LogP contribution >= 0.6 is 11.3 Å². The van der Waals surface area contributed by atoms with Crippen LogP contribution in [-0.2, 0) is 4.79 Å². The highest BCUT2D eigenvalue weighted by Gasteiger charge is 2.10. The van der Waals surface area contributed by atoms with Gasteiger partial charge in [0.25, 0.3) is 0 Å². The van der Waals surface area contributed by atoms with Crippen LogP contribution in [0.5, 0.6) is 0 Å². The fourth-order valence-electron chi connectivity index (χ4n) is 2.21. The van der Waals surface area contributed by atoms with Gasteiger partial charge in [0.2, 0.25) is 11.0 Å². The maximum Gasteiger partial charge on any atom is 0.223 e. The van der Waals surface area contributed by atoms with Crippen LogP contribution in [-0.4, -0.2) is 16.1 Å². The normalized spacial score (nSPS) is 11.2. The molecular formula is C17H12N4OS. The standard InChI is InChI=1S/C17H12N4OS/c1-11(22)19-17-21-20-16(23-17)14(10-18)9-13-7-4-6-12-5-2-3-8-15(12)13/h2-9H,1H3,(H,19,21,22)/b14-9+. The minimum Gasteiger partial charge on any atom is -0.301 e. The predicted molar refractivity (Wildman–Crippen MR) is 91.6 cm³/mol. The van der Waals surface area contributed by atoms with Crippen molar-refractivity contribution in [1.29, 1.82) is 5.26 Å². The van der Waals surface area contributed by atoms with Gasteiger partial charge in [0.15, 0.2) is 5.01 Å². The Morgan fingerprint density at radius 1 is 1.22 bits per heavy atom. The SMILES string of the molecule is CC(=O)Nc1nnc(/C(C#N)=C/c2cccc3ccccc23)s1. The van der Waals surface area contributed by atoms with Gasteiger partial charge < -0.3 is 5.32 Å². The monoisotopic (exact) mass is 320 g/mol. The molecule has 112 valence electrons. The van der Waals surface area contributed by atoms with Crippen molar-refractivity contribution in [2.75, 3.05) is 5.32 Å². The molecule has 0 atom stereocenters. The molecule has 0 aliphatic rings. The molecule has 0 fully saturated rings. The number of anilines is 1. The summed E-state index contributed by atoms with van der Waals surface area (Å²) in [5.41, 5.74) is 1.35. The number of nitrogens with one attached hydrogen (secondary N) is 1. The Bertz CT molecular complexity index is 947. The number of hydrogen-bond acceptors (Lipinski definition) is 5. The predicted octanol–water partition coefficient (Wildman–Crippen LogP) is 3.71. The molecule has 3 aromatic rings. The second-order valence-electron chi connectivity index (χ2n) is 4.83. The molecule has 0 saturated carbocycles. The number of allylic oxidation sites excluding steroid dienone is 1. The summed E-state index contributed by atoms with van der Waals surface area (Å²) in [5, 5.41) is 22.9. The minimum atomic E-state index is -0.218. The van der Waals surface area contributed by atoms with Crippen molar-refractivity contribution >= 4 is 44.8 Å². The second-order valence-corrected chi connectivity index (χ2v) is 5.81. The van der Waals surface area contributed by atoms with Crippen LogP contribution in [0.4, 0.5) is 5.13 Å². The summed E-state index contributed by atoms with van der Waals surface area (Å²) in [6, 6.07) is 16.1. The van der Waals surface area contributed by atoms with Gasteiger partial charge in [-0.15, -0.1) is 10.2 Å². The highest BCUT2D eigenvalue weighted by molar-refractivity contribution is 7.16. The van der Waals surface area contributed by atoms with Crippen LogP contribution in [0.3, 0.4) is 0 Å². The molecule has 0 aliphatic carbocycles. The number of hydrogen-bond donors (Lipinski definition) is 1. The van der Waals surface area contributed by atoms with Crippen LogP contribution in [0.25, 0.3) is 22.4 Å². The zero-order chi connectivity index (χ0) is 16.2. The molecule has 0 unspecified atom stereocenters. The van der Waals surface area contributed by atoms with E-state index in [1.54, 1.807) is 6.08 Å². The summed E-state index contributed by atoms with van der Waals surface area (Å²) in [6.45, 7) is 1.40. The molecule has 0 spiro atoms. The van der Waals surface area contributed by atoms with Gasteiger partial charge in [-0.3, -0.25) is 4.79 Å². The van der Waals surface area contributed by atoms with Crippen LogP contribution in [0, 0.1) is 11.3 Å². The first-order chi connectivity index (χ1) is 11.2.